The van der Waals surface area contributed by atoms with E-state index in [1.807, 2.05) is 0 Å². The third kappa shape index (κ3) is 5.75. The van der Waals surface area contributed by atoms with Gasteiger partial charge >= 0.3 is 0 Å². The van der Waals surface area contributed by atoms with E-state index in [4.69, 9.17) is 0 Å². The Morgan fingerprint density at radius 3 is 2.33 bits per heavy atom. The van der Waals surface area contributed by atoms with E-state index >= 15 is 0 Å². The molecule has 0 bridgehead atoms. The van der Waals surface area contributed by atoms with E-state index in [0.29, 0.717) is 0 Å². The molecule has 36 heavy (non-hydrogen) atoms. The molecular weight excluding hydrogens is 456 g/mol. The van der Waals surface area contributed by atoms with Crippen molar-refractivity contribution in [2.45, 2.75) is 19.8 Å². The Balaban J connectivity index is 0.000000165. The normalized spacial score (nSPS) is 13.6. The molecule has 0 aliphatic carbocycles. The molecule has 1 aliphatic heterocycles. The quantitative estimate of drug-likeness (QED) is 0.248. The summed E-state index contributed by atoms with van der Waals surface area (Å²) in [6.45, 7) is 4.26. The lowest BCUT2D eigenvalue weighted by Crippen LogP contribution is -2.30. The SMILES string of the molecule is CN1CCCN=C1C=Cc1cccs1.Cc1cc(Cc2cccc3ccccc23)c2ccccc2c1. The van der Waals surface area contributed by atoms with E-state index in [0.717, 1.165) is 25.3 Å². The minimum Gasteiger partial charge on any atom is -0.360 e. The van der Waals surface area contributed by atoms with Crippen LogP contribution in [0.5, 0.6) is 0 Å². The fourth-order valence-electron chi connectivity index (χ4n) is 4.81. The number of fused-ring (bicyclic) bond motifs is 2. The Kier molecular flexibility index (Phi) is 7.58. The first-order chi connectivity index (χ1) is 17.7. The molecule has 0 atom stereocenters. The molecule has 0 radical (unpaired) electrons. The number of aliphatic imine (C=N–C) groups is 1. The second-order valence-electron chi connectivity index (χ2n) is 9.32. The summed E-state index contributed by atoms with van der Waals surface area (Å²) in [7, 11) is 2.09. The predicted molar refractivity (Wildman–Crippen MR) is 158 cm³/mol. The third-order valence-electron chi connectivity index (χ3n) is 6.61. The highest BCUT2D eigenvalue weighted by molar-refractivity contribution is 7.10. The Hall–Kier alpha value is -3.69. The van der Waals surface area contributed by atoms with Gasteiger partial charge in [0, 0.05) is 25.0 Å². The van der Waals surface area contributed by atoms with Gasteiger partial charge in [0.25, 0.3) is 0 Å². The van der Waals surface area contributed by atoms with Crippen molar-refractivity contribution >= 4 is 44.8 Å². The number of hydrogen-bond donors (Lipinski definition) is 0. The molecule has 0 saturated carbocycles. The maximum absolute atomic E-state index is 4.47. The van der Waals surface area contributed by atoms with Gasteiger partial charge in [-0.25, -0.2) is 0 Å². The first-order valence-corrected chi connectivity index (χ1v) is 13.5. The van der Waals surface area contributed by atoms with Crippen molar-refractivity contribution in [1.82, 2.24) is 4.90 Å². The van der Waals surface area contributed by atoms with E-state index in [1.54, 1.807) is 11.3 Å². The first-order valence-electron chi connectivity index (χ1n) is 12.6. The van der Waals surface area contributed by atoms with Crippen LogP contribution >= 0.6 is 11.3 Å². The summed E-state index contributed by atoms with van der Waals surface area (Å²) in [6, 6.07) is 32.7. The highest BCUT2D eigenvalue weighted by atomic mass is 32.1. The zero-order valence-corrected chi connectivity index (χ0v) is 21.8. The highest BCUT2D eigenvalue weighted by Crippen LogP contribution is 2.26. The van der Waals surface area contributed by atoms with Gasteiger partial charge in [0.15, 0.2) is 0 Å². The van der Waals surface area contributed by atoms with Crippen LogP contribution in [0.25, 0.3) is 27.6 Å². The average molecular weight is 489 g/mol. The summed E-state index contributed by atoms with van der Waals surface area (Å²) in [4.78, 5) is 7.96. The van der Waals surface area contributed by atoms with Crippen LogP contribution in [0.15, 0.2) is 107 Å². The van der Waals surface area contributed by atoms with Crippen LogP contribution in [0.2, 0.25) is 0 Å². The van der Waals surface area contributed by atoms with Gasteiger partial charge in [-0.2, -0.15) is 0 Å². The lowest BCUT2D eigenvalue weighted by atomic mass is 9.94. The molecule has 2 nitrogen and oxygen atoms in total. The summed E-state index contributed by atoms with van der Waals surface area (Å²) < 4.78 is 0. The zero-order chi connectivity index (χ0) is 24.7. The lowest BCUT2D eigenvalue weighted by Gasteiger charge is -2.22. The van der Waals surface area contributed by atoms with Gasteiger partial charge in [-0.15, -0.1) is 11.3 Å². The topological polar surface area (TPSA) is 15.6 Å². The summed E-state index contributed by atoms with van der Waals surface area (Å²) in [6.07, 6.45) is 6.38. The van der Waals surface area contributed by atoms with E-state index in [-0.39, 0.29) is 0 Å². The first kappa shape index (κ1) is 24.0. The van der Waals surface area contributed by atoms with Gasteiger partial charge in [-0.1, -0.05) is 90.5 Å². The molecule has 0 unspecified atom stereocenters. The number of amidine groups is 1. The molecule has 2 heterocycles. The number of likely N-dealkylation sites (N-methyl/N-ethyl adjacent to an activating group) is 1. The minimum atomic E-state index is 0.967. The van der Waals surface area contributed by atoms with Crippen molar-refractivity contribution in [2.75, 3.05) is 20.1 Å². The number of hydrogen-bond acceptors (Lipinski definition) is 3. The fourth-order valence-corrected chi connectivity index (χ4v) is 5.43. The Morgan fingerprint density at radius 1 is 0.806 bits per heavy atom. The molecule has 0 amide bonds. The lowest BCUT2D eigenvalue weighted by molar-refractivity contribution is 0.470. The molecule has 0 N–H and O–H groups in total. The molecule has 5 aromatic rings. The minimum absolute atomic E-state index is 0.967. The molecule has 4 aromatic carbocycles. The maximum Gasteiger partial charge on any atom is 0.123 e. The molecule has 0 spiro atoms. The second kappa shape index (κ2) is 11.4. The largest absolute Gasteiger partial charge is 0.360 e. The van der Waals surface area contributed by atoms with Crippen molar-refractivity contribution in [1.29, 1.82) is 0 Å². The standard InChI is InChI=1S/C22H18.C11H14N2S/c1-16-13-18-8-3-5-12-22(18)20(14-16)15-19-10-6-9-17-7-2-4-11-21(17)19;1-13-8-3-7-12-11(13)6-5-10-4-2-9-14-10/h2-14H,15H2,1H3;2,4-6,9H,3,7-8H2,1H3. The zero-order valence-electron chi connectivity index (χ0n) is 21.0. The van der Waals surface area contributed by atoms with Gasteiger partial charge in [-0.05, 0) is 76.0 Å². The average Bonchev–Trinajstić information content (AvgIpc) is 3.43. The molecule has 180 valence electrons. The van der Waals surface area contributed by atoms with E-state index in [9.17, 15) is 0 Å². The van der Waals surface area contributed by atoms with Crippen molar-refractivity contribution < 1.29 is 0 Å². The molecule has 3 heteroatoms. The van der Waals surface area contributed by atoms with Gasteiger partial charge in [-0.3, -0.25) is 4.99 Å². The number of thiophene rings is 1. The molecule has 6 rings (SSSR count). The third-order valence-corrected chi connectivity index (χ3v) is 7.45. The Labute approximate surface area is 218 Å². The van der Waals surface area contributed by atoms with Crippen LogP contribution in [0.3, 0.4) is 0 Å². The smallest absolute Gasteiger partial charge is 0.123 e. The highest BCUT2D eigenvalue weighted by Gasteiger charge is 2.07. The van der Waals surface area contributed by atoms with Crippen LogP contribution in [0.1, 0.15) is 28.0 Å². The van der Waals surface area contributed by atoms with Crippen LogP contribution in [-0.2, 0) is 6.42 Å². The Morgan fingerprint density at radius 2 is 1.56 bits per heavy atom. The van der Waals surface area contributed by atoms with Crippen molar-refractivity contribution in [2.24, 2.45) is 4.99 Å². The number of benzene rings is 4. The van der Waals surface area contributed by atoms with Crippen molar-refractivity contribution in [3.63, 3.8) is 0 Å². The molecule has 0 saturated heterocycles. The maximum atomic E-state index is 4.47. The second-order valence-corrected chi connectivity index (χ2v) is 10.3. The number of aryl methyl sites for hydroxylation is 1. The number of nitrogens with zero attached hydrogens (tertiary/aromatic N) is 2. The van der Waals surface area contributed by atoms with Gasteiger partial charge in [0.2, 0.25) is 0 Å². The summed E-state index contributed by atoms with van der Waals surface area (Å²) in [5, 5.41) is 7.46. The van der Waals surface area contributed by atoms with E-state index in [1.165, 1.54) is 49.5 Å². The summed E-state index contributed by atoms with van der Waals surface area (Å²) >= 11 is 1.75. The van der Waals surface area contributed by atoms with Gasteiger partial charge < -0.3 is 4.90 Å². The van der Waals surface area contributed by atoms with E-state index < -0.39 is 0 Å². The predicted octanol–water partition coefficient (Wildman–Crippen LogP) is 8.39. The number of rotatable bonds is 4. The summed E-state index contributed by atoms with van der Waals surface area (Å²) in [5.41, 5.74) is 4.13. The van der Waals surface area contributed by atoms with Gasteiger partial charge in [0.05, 0.1) is 0 Å². The van der Waals surface area contributed by atoms with E-state index in [2.05, 4.69) is 132 Å². The van der Waals surface area contributed by atoms with Crippen molar-refractivity contribution in [3.05, 3.63) is 124 Å². The molecule has 0 fully saturated rings. The molecule has 1 aromatic heterocycles. The molecular formula is C33H32N2S. The van der Waals surface area contributed by atoms with Crippen LogP contribution in [0.4, 0.5) is 0 Å². The van der Waals surface area contributed by atoms with Crippen LogP contribution in [0, 0.1) is 6.92 Å². The Bertz CT molecular complexity index is 1510. The van der Waals surface area contributed by atoms with Crippen LogP contribution < -0.4 is 0 Å². The fraction of sp³-hybridized carbons (Fsp3) is 0.182. The summed E-state index contributed by atoms with van der Waals surface area (Å²) in [5.74, 6) is 1.10. The van der Waals surface area contributed by atoms with Crippen LogP contribution in [-0.4, -0.2) is 30.9 Å². The monoisotopic (exact) mass is 488 g/mol. The molecule has 1 aliphatic rings. The van der Waals surface area contributed by atoms with Gasteiger partial charge in [0.1, 0.15) is 5.84 Å². The van der Waals surface area contributed by atoms with Crippen molar-refractivity contribution in [3.8, 4) is 0 Å².